The van der Waals surface area contributed by atoms with Crippen LogP contribution in [0.15, 0.2) is 16.7 Å². The van der Waals surface area contributed by atoms with Gasteiger partial charge in [0.25, 0.3) is 0 Å². The van der Waals surface area contributed by atoms with Crippen LogP contribution in [0.4, 0.5) is 0 Å². The van der Waals surface area contributed by atoms with E-state index in [1.165, 1.54) is 18.4 Å². The molecule has 0 amide bonds. The molecule has 1 heterocycles. The van der Waals surface area contributed by atoms with Gasteiger partial charge in [-0.15, -0.1) is 0 Å². The number of halogens is 1. The van der Waals surface area contributed by atoms with E-state index in [9.17, 15) is 0 Å². The Morgan fingerprint density at radius 3 is 2.64 bits per heavy atom. The van der Waals surface area contributed by atoms with Gasteiger partial charge in [-0.1, -0.05) is 27.2 Å². The fourth-order valence-corrected chi connectivity index (χ4v) is 2.57. The third kappa shape index (κ3) is 2.57. The number of pyridine rings is 1. The van der Waals surface area contributed by atoms with Gasteiger partial charge in [-0.3, -0.25) is 4.98 Å². The second-order valence-corrected chi connectivity index (χ2v) is 5.29. The molecule has 1 aromatic rings. The molecule has 78 valence electrons. The van der Waals surface area contributed by atoms with Gasteiger partial charge in [-0.05, 0) is 46.3 Å². The summed E-state index contributed by atoms with van der Waals surface area (Å²) in [5, 5.41) is 0. The summed E-state index contributed by atoms with van der Waals surface area (Å²) in [4.78, 5) is 4.27. The highest BCUT2D eigenvalue weighted by Gasteiger charge is 2.22. The fourth-order valence-electron chi connectivity index (χ4n) is 1.82. The Kier molecular flexibility index (Phi) is 3.71. The highest BCUT2D eigenvalue weighted by atomic mass is 79.9. The summed E-state index contributed by atoms with van der Waals surface area (Å²) >= 11 is 3.57. The SMILES string of the molecule is CCCC(C)(C)c1cc(C)ncc1Br. The smallest absolute Gasteiger partial charge is 0.0416 e. The van der Waals surface area contributed by atoms with E-state index in [0.717, 1.165) is 10.2 Å². The minimum atomic E-state index is 0.237. The zero-order valence-electron chi connectivity index (χ0n) is 9.39. The molecule has 0 spiro atoms. The molecule has 1 aromatic heterocycles. The molecule has 1 nitrogen and oxygen atoms in total. The molecular formula is C12H18BrN. The molecule has 0 radical (unpaired) electrons. The van der Waals surface area contributed by atoms with Crippen molar-refractivity contribution in [1.29, 1.82) is 0 Å². The Morgan fingerprint density at radius 1 is 1.43 bits per heavy atom. The van der Waals surface area contributed by atoms with Crippen molar-refractivity contribution in [3.05, 3.63) is 28.0 Å². The van der Waals surface area contributed by atoms with Crippen LogP contribution in [0, 0.1) is 6.92 Å². The second-order valence-electron chi connectivity index (χ2n) is 4.44. The molecule has 0 fully saturated rings. The number of nitrogens with zero attached hydrogens (tertiary/aromatic N) is 1. The molecule has 1 rings (SSSR count). The van der Waals surface area contributed by atoms with Crippen LogP contribution in [0.25, 0.3) is 0 Å². The maximum Gasteiger partial charge on any atom is 0.0416 e. The van der Waals surface area contributed by atoms with Crippen LogP contribution in [0.5, 0.6) is 0 Å². The highest BCUT2D eigenvalue weighted by Crippen LogP contribution is 2.33. The molecule has 0 aromatic carbocycles. The minimum Gasteiger partial charge on any atom is -0.260 e. The summed E-state index contributed by atoms with van der Waals surface area (Å²) in [5.41, 5.74) is 2.70. The van der Waals surface area contributed by atoms with Crippen molar-refractivity contribution < 1.29 is 0 Å². The lowest BCUT2D eigenvalue weighted by Crippen LogP contribution is -2.17. The maximum absolute atomic E-state index is 4.27. The van der Waals surface area contributed by atoms with Crippen LogP contribution >= 0.6 is 15.9 Å². The molecule has 0 unspecified atom stereocenters. The van der Waals surface area contributed by atoms with Crippen LogP contribution in [-0.2, 0) is 5.41 Å². The van der Waals surface area contributed by atoms with Gasteiger partial charge in [0.05, 0.1) is 0 Å². The molecule has 0 aliphatic rings. The van der Waals surface area contributed by atoms with Crippen molar-refractivity contribution in [2.24, 2.45) is 0 Å². The van der Waals surface area contributed by atoms with Crippen LogP contribution < -0.4 is 0 Å². The van der Waals surface area contributed by atoms with Crippen LogP contribution in [0.3, 0.4) is 0 Å². The maximum atomic E-state index is 4.27. The molecule has 2 heteroatoms. The first-order valence-corrected chi connectivity index (χ1v) is 5.89. The van der Waals surface area contributed by atoms with Gasteiger partial charge in [0.1, 0.15) is 0 Å². The number of hydrogen-bond acceptors (Lipinski definition) is 1. The molecule has 0 aliphatic carbocycles. The lowest BCUT2D eigenvalue weighted by molar-refractivity contribution is 0.470. The quantitative estimate of drug-likeness (QED) is 0.788. The summed E-state index contributed by atoms with van der Waals surface area (Å²) in [6.07, 6.45) is 4.32. The lowest BCUT2D eigenvalue weighted by atomic mass is 9.81. The first-order chi connectivity index (χ1) is 6.47. The number of hydrogen-bond donors (Lipinski definition) is 0. The minimum absolute atomic E-state index is 0.237. The predicted molar refractivity (Wildman–Crippen MR) is 64.6 cm³/mol. The summed E-state index contributed by atoms with van der Waals surface area (Å²) in [5.74, 6) is 0. The zero-order chi connectivity index (χ0) is 10.8. The second kappa shape index (κ2) is 4.43. The van der Waals surface area contributed by atoms with Crippen molar-refractivity contribution in [2.45, 2.75) is 46.0 Å². The van der Waals surface area contributed by atoms with Crippen LogP contribution in [-0.4, -0.2) is 4.98 Å². The zero-order valence-corrected chi connectivity index (χ0v) is 11.0. The monoisotopic (exact) mass is 255 g/mol. The normalized spacial score (nSPS) is 11.8. The molecule has 0 saturated heterocycles. The van der Waals surface area contributed by atoms with E-state index in [1.807, 2.05) is 13.1 Å². The Hall–Kier alpha value is -0.370. The van der Waals surface area contributed by atoms with Gasteiger partial charge in [0.15, 0.2) is 0 Å². The van der Waals surface area contributed by atoms with Crippen molar-refractivity contribution >= 4 is 15.9 Å². The molecular weight excluding hydrogens is 238 g/mol. The van der Waals surface area contributed by atoms with Crippen molar-refractivity contribution in [2.75, 3.05) is 0 Å². The predicted octanol–water partition coefficient (Wildman–Crippen LogP) is 4.23. The fraction of sp³-hybridized carbons (Fsp3) is 0.583. The van der Waals surface area contributed by atoms with Crippen molar-refractivity contribution in [3.8, 4) is 0 Å². The van der Waals surface area contributed by atoms with E-state index in [0.29, 0.717) is 0 Å². The Balaban J connectivity index is 3.10. The van der Waals surface area contributed by atoms with Crippen LogP contribution in [0.2, 0.25) is 0 Å². The molecule has 0 atom stereocenters. The standard InChI is InChI=1S/C12H18BrN/c1-5-6-12(3,4)10-7-9(2)14-8-11(10)13/h7-8H,5-6H2,1-4H3. The first kappa shape index (κ1) is 11.7. The van der Waals surface area contributed by atoms with Gasteiger partial charge in [-0.25, -0.2) is 0 Å². The van der Waals surface area contributed by atoms with E-state index in [1.54, 1.807) is 0 Å². The molecule has 0 N–H and O–H groups in total. The van der Waals surface area contributed by atoms with E-state index >= 15 is 0 Å². The number of rotatable bonds is 3. The Bertz CT molecular complexity index is 318. The molecule has 0 aliphatic heterocycles. The molecule has 0 saturated carbocycles. The Morgan fingerprint density at radius 2 is 2.07 bits per heavy atom. The van der Waals surface area contributed by atoms with Gasteiger partial charge >= 0.3 is 0 Å². The molecule has 14 heavy (non-hydrogen) atoms. The van der Waals surface area contributed by atoms with E-state index in [2.05, 4.69) is 47.8 Å². The third-order valence-electron chi connectivity index (χ3n) is 2.60. The summed E-state index contributed by atoms with van der Waals surface area (Å²) in [6, 6.07) is 2.18. The van der Waals surface area contributed by atoms with Gasteiger partial charge in [-0.2, -0.15) is 0 Å². The van der Waals surface area contributed by atoms with Crippen molar-refractivity contribution in [3.63, 3.8) is 0 Å². The van der Waals surface area contributed by atoms with E-state index < -0.39 is 0 Å². The third-order valence-corrected chi connectivity index (χ3v) is 3.23. The highest BCUT2D eigenvalue weighted by molar-refractivity contribution is 9.10. The topological polar surface area (TPSA) is 12.9 Å². The number of aromatic nitrogens is 1. The average molecular weight is 256 g/mol. The van der Waals surface area contributed by atoms with E-state index in [-0.39, 0.29) is 5.41 Å². The number of aryl methyl sites for hydroxylation is 1. The average Bonchev–Trinajstić information content (AvgIpc) is 2.09. The van der Waals surface area contributed by atoms with Gasteiger partial charge in [0.2, 0.25) is 0 Å². The van der Waals surface area contributed by atoms with Gasteiger partial charge < -0.3 is 0 Å². The summed E-state index contributed by atoms with van der Waals surface area (Å²) in [7, 11) is 0. The Labute approximate surface area is 95.1 Å². The first-order valence-electron chi connectivity index (χ1n) is 5.10. The van der Waals surface area contributed by atoms with Crippen molar-refractivity contribution in [1.82, 2.24) is 4.98 Å². The van der Waals surface area contributed by atoms with Crippen LogP contribution in [0.1, 0.15) is 44.9 Å². The molecule has 0 bridgehead atoms. The van der Waals surface area contributed by atoms with E-state index in [4.69, 9.17) is 0 Å². The summed E-state index contributed by atoms with van der Waals surface area (Å²) < 4.78 is 1.13. The lowest BCUT2D eigenvalue weighted by Gasteiger charge is -2.26. The summed E-state index contributed by atoms with van der Waals surface area (Å²) in [6.45, 7) is 8.84. The van der Waals surface area contributed by atoms with Gasteiger partial charge in [0, 0.05) is 16.4 Å². The largest absolute Gasteiger partial charge is 0.260 e.